The number of benzene rings is 1. The van der Waals surface area contributed by atoms with Crippen molar-refractivity contribution in [2.45, 2.75) is 57.6 Å². The zero-order valence-corrected chi connectivity index (χ0v) is 19.3. The Balaban J connectivity index is 1.56. The molecule has 0 amide bonds. The van der Waals surface area contributed by atoms with Crippen molar-refractivity contribution >= 4 is 11.6 Å². The third-order valence-electron chi connectivity index (χ3n) is 6.60. The van der Waals surface area contributed by atoms with E-state index in [0.717, 1.165) is 64.7 Å². The summed E-state index contributed by atoms with van der Waals surface area (Å²) in [6, 6.07) is 10.2. The Morgan fingerprint density at radius 1 is 1.16 bits per heavy atom. The number of aliphatic hydroxyl groups is 1. The van der Waals surface area contributed by atoms with E-state index in [1.54, 1.807) is 0 Å². The zero-order chi connectivity index (χ0) is 22.4. The van der Waals surface area contributed by atoms with E-state index in [1.165, 1.54) is 5.56 Å². The molecule has 1 fully saturated rings. The maximum absolute atomic E-state index is 10.8. The normalized spacial score (nSPS) is 19.7. The van der Waals surface area contributed by atoms with Gasteiger partial charge < -0.3 is 15.3 Å². The molecular weight excluding hydrogens is 398 g/mol. The highest BCUT2D eigenvalue weighted by Gasteiger charge is 2.35. The number of pyridine rings is 1. The van der Waals surface area contributed by atoms with Crippen LogP contribution in [0.25, 0.3) is 11.3 Å². The first-order valence-corrected chi connectivity index (χ1v) is 11.5. The fourth-order valence-corrected chi connectivity index (χ4v) is 4.62. The van der Waals surface area contributed by atoms with Crippen LogP contribution in [0, 0.1) is 6.92 Å². The van der Waals surface area contributed by atoms with E-state index < -0.39 is 6.10 Å². The van der Waals surface area contributed by atoms with Gasteiger partial charge in [-0.3, -0.25) is 0 Å². The van der Waals surface area contributed by atoms with Gasteiger partial charge in [-0.15, -0.1) is 0 Å². The number of aromatic nitrogens is 3. The van der Waals surface area contributed by atoms with Crippen molar-refractivity contribution in [3.63, 3.8) is 0 Å². The lowest BCUT2D eigenvalue weighted by Crippen LogP contribution is -2.23. The Kier molecular flexibility index (Phi) is 5.33. The van der Waals surface area contributed by atoms with Crippen molar-refractivity contribution in [1.29, 1.82) is 0 Å². The summed E-state index contributed by atoms with van der Waals surface area (Å²) >= 11 is 0. The molecule has 1 aromatic carbocycles. The van der Waals surface area contributed by atoms with Crippen molar-refractivity contribution < 1.29 is 5.11 Å². The summed E-state index contributed by atoms with van der Waals surface area (Å²) in [4.78, 5) is 16.9. The van der Waals surface area contributed by atoms with E-state index in [1.807, 2.05) is 37.3 Å². The molecule has 0 spiro atoms. The number of anilines is 2. The van der Waals surface area contributed by atoms with Gasteiger partial charge in [0.25, 0.3) is 0 Å². The summed E-state index contributed by atoms with van der Waals surface area (Å²) in [7, 11) is 4.00. The van der Waals surface area contributed by atoms with Crippen LogP contribution in [0.4, 0.5) is 11.6 Å². The van der Waals surface area contributed by atoms with Crippen molar-refractivity contribution in [2.24, 2.45) is 0 Å². The van der Waals surface area contributed by atoms with Crippen LogP contribution in [-0.2, 0) is 12.8 Å². The summed E-state index contributed by atoms with van der Waals surface area (Å²) in [5.74, 6) is 2.19. The highest BCUT2D eigenvalue weighted by atomic mass is 16.3. The van der Waals surface area contributed by atoms with E-state index in [9.17, 15) is 5.11 Å². The third kappa shape index (κ3) is 3.73. The van der Waals surface area contributed by atoms with Crippen molar-refractivity contribution in [3.8, 4) is 11.3 Å². The van der Waals surface area contributed by atoms with Crippen LogP contribution in [0.1, 0.15) is 59.8 Å². The van der Waals surface area contributed by atoms with Gasteiger partial charge in [0.05, 0.1) is 29.2 Å². The van der Waals surface area contributed by atoms with Gasteiger partial charge in [0.2, 0.25) is 0 Å². The average molecular weight is 430 g/mol. The second-order valence-corrected chi connectivity index (χ2v) is 9.22. The first-order valence-electron chi connectivity index (χ1n) is 11.5. The topological polar surface area (TPSA) is 74.2 Å². The summed E-state index contributed by atoms with van der Waals surface area (Å²) in [5, 5.41) is 14.3. The van der Waals surface area contributed by atoms with E-state index in [0.29, 0.717) is 12.3 Å². The standard InChI is InChI=1S/C26H31N5O/c1-5-20-24(19-14-27-22(31(3)4)12-15(19)2)29-23(16-10-11-16)26(28-20)30-25-18-9-7-6-8-17(18)13-21(25)32/h6-9,12,14,16,21,25,32H,5,10-11,13H2,1-4H3,(H,28,30)/t21-,25?/m0/s1. The average Bonchev–Trinajstić information content (AvgIpc) is 3.58. The van der Waals surface area contributed by atoms with Gasteiger partial charge in [0, 0.05) is 38.2 Å². The van der Waals surface area contributed by atoms with Crippen LogP contribution in [0.5, 0.6) is 0 Å². The first-order chi connectivity index (χ1) is 15.5. The highest BCUT2D eigenvalue weighted by Crippen LogP contribution is 2.45. The second kappa shape index (κ2) is 8.17. The van der Waals surface area contributed by atoms with Crippen molar-refractivity contribution in [3.05, 3.63) is 64.6 Å². The maximum Gasteiger partial charge on any atom is 0.148 e. The number of aliphatic hydroxyl groups excluding tert-OH is 1. The second-order valence-electron chi connectivity index (χ2n) is 9.22. The first kappa shape index (κ1) is 20.9. The fourth-order valence-electron chi connectivity index (χ4n) is 4.62. The molecule has 6 heteroatoms. The molecule has 2 atom stereocenters. The number of nitrogens with zero attached hydrogens (tertiary/aromatic N) is 4. The van der Waals surface area contributed by atoms with E-state index >= 15 is 0 Å². The molecule has 2 aliphatic carbocycles. The predicted octanol–water partition coefficient (Wildman–Crippen LogP) is 4.42. The van der Waals surface area contributed by atoms with Gasteiger partial charge in [0.1, 0.15) is 11.6 Å². The molecule has 3 aromatic rings. The molecule has 6 nitrogen and oxygen atoms in total. The maximum atomic E-state index is 10.8. The van der Waals surface area contributed by atoms with Gasteiger partial charge >= 0.3 is 0 Å². The summed E-state index contributed by atoms with van der Waals surface area (Å²) in [6.45, 7) is 4.23. The van der Waals surface area contributed by atoms with Gasteiger partial charge in [-0.1, -0.05) is 31.2 Å². The molecule has 1 unspecified atom stereocenters. The molecule has 0 bridgehead atoms. The Morgan fingerprint density at radius 2 is 1.94 bits per heavy atom. The predicted molar refractivity (Wildman–Crippen MR) is 128 cm³/mol. The molecule has 5 rings (SSSR count). The van der Waals surface area contributed by atoms with Gasteiger partial charge in [-0.2, -0.15) is 0 Å². The molecule has 2 heterocycles. The number of aryl methyl sites for hydroxylation is 2. The quantitative estimate of drug-likeness (QED) is 0.604. The number of rotatable bonds is 6. The molecule has 166 valence electrons. The van der Waals surface area contributed by atoms with Gasteiger partial charge in [-0.05, 0) is 48.9 Å². The summed E-state index contributed by atoms with van der Waals surface area (Å²) < 4.78 is 0. The van der Waals surface area contributed by atoms with E-state index in [2.05, 4.69) is 42.3 Å². The summed E-state index contributed by atoms with van der Waals surface area (Å²) in [6.07, 6.45) is 5.18. The van der Waals surface area contributed by atoms with Crippen LogP contribution < -0.4 is 10.2 Å². The zero-order valence-electron chi connectivity index (χ0n) is 19.3. The van der Waals surface area contributed by atoms with Crippen molar-refractivity contribution in [2.75, 3.05) is 24.3 Å². The monoisotopic (exact) mass is 429 g/mol. The highest BCUT2D eigenvalue weighted by molar-refractivity contribution is 5.68. The van der Waals surface area contributed by atoms with Crippen molar-refractivity contribution in [1.82, 2.24) is 15.0 Å². The smallest absolute Gasteiger partial charge is 0.148 e. The SMILES string of the molecule is CCc1nc(NC2c3ccccc3C[C@@H]2O)c(C2CC2)nc1-c1cnc(N(C)C)cc1C. The third-order valence-corrected chi connectivity index (χ3v) is 6.60. The van der Waals surface area contributed by atoms with Crippen LogP contribution in [0.15, 0.2) is 36.5 Å². The lowest BCUT2D eigenvalue weighted by Gasteiger charge is -2.22. The minimum Gasteiger partial charge on any atom is -0.390 e. The molecule has 1 saturated carbocycles. The molecule has 0 saturated heterocycles. The molecule has 2 aromatic heterocycles. The number of fused-ring (bicyclic) bond motifs is 1. The summed E-state index contributed by atoms with van der Waals surface area (Å²) in [5.41, 5.74) is 7.46. The molecule has 2 aliphatic rings. The molecule has 32 heavy (non-hydrogen) atoms. The Morgan fingerprint density at radius 3 is 2.62 bits per heavy atom. The van der Waals surface area contributed by atoms with Crippen LogP contribution in [0.2, 0.25) is 0 Å². The van der Waals surface area contributed by atoms with E-state index in [-0.39, 0.29) is 6.04 Å². The molecular formula is C26H31N5O. The molecule has 0 radical (unpaired) electrons. The van der Waals surface area contributed by atoms with Crippen LogP contribution >= 0.6 is 0 Å². The minimum atomic E-state index is -0.462. The minimum absolute atomic E-state index is 0.156. The Bertz CT molecular complexity index is 1150. The Labute approximate surface area is 189 Å². The van der Waals surface area contributed by atoms with Crippen LogP contribution in [-0.4, -0.2) is 40.3 Å². The molecule has 2 N–H and O–H groups in total. The number of nitrogens with one attached hydrogen (secondary N) is 1. The number of hydrogen-bond acceptors (Lipinski definition) is 6. The van der Waals surface area contributed by atoms with Crippen LogP contribution in [0.3, 0.4) is 0 Å². The lowest BCUT2D eigenvalue weighted by molar-refractivity contribution is 0.165. The number of hydrogen-bond donors (Lipinski definition) is 2. The molecule has 0 aliphatic heterocycles. The largest absolute Gasteiger partial charge is 0.390 e. The van der Waals surface area contributed by atoms with Gasteiger partial charge in [-0.25, -0.2) is 15.0 Å². The van der Waals surface area contributed by atoms with Gasteiger partial charge in [0.15, 0.2) is 0 Å². The van der Waals surface area contributed by atoms with E-state index in [4.69, 9.17) is 9.97 Å². The Hall–Kier alpha value is -2.99. The fraction of sp³-hybridized carbons (Fsp3) is 0.423. The lowest BCUT2D eigenvalue weighted by atomic mass is 10.0.